The van der Waals surface area contributed by atoms with Crippen LogP contribution >= 0.6 is 0 Å². The van der Waals surface area contributed by atoms with Gasteiger partial charge >= 0.3 is 0 Å². The van der Waals surface area contributed by atoms with Crippen LogP contribution in [0.25, 0.3) is 0 Å². The van der Waals surface area contributed by atoms with Gasteiger partial charge in [-0.15, -0.1) is 0 Å². The number of rotatable bonds is 9. The Balaban J connectivity index is 4.90. The number of hydrogen-bond acceptors (Lipinski definition) is 2. The molecule has 0 fully saturated rings. The van der Waals surface area contributed by atoms with Crippen LogP contribution in [0.4, 0.5) is 0 Å². The Bertz CT molecular complexity index is 183. The molecule has 0 saturated heterocycles. The van der Waals surface area contributed by atoms with Gasteiger partial charge in [-0.1, -0.05) is 41.0 Å². The first kappa shape index (κ1) is 16.9. The van der Waals surface area contributed by atoms with Gasteiger partial charge in [0.05, 0.1) is 0 Å². The smallest absolute Gasteiger partial charge is 0.0331 e. The first-order valence-electron chi connectivity index (χ1n) is 7.44. The van der Waals surface area contributed by atoms with E-state index in [-0.39, 0.29) is 5.54 Å². The molecule has 0 bridgehead atoms. The zero-order valence-corrected chi connectivity index (χ0v) is 12.9. The summed E-state index contributed by atoms with van der Waals surface area (Å²) in [6.07, 6.45) is 6.06. The minimum absolute atomic E-state index is 0.201. The standard InChI is InChI=1S/C15H34N2/c1-7-13(5)11-15(10-4,12-16)17(6)14(8-2)9-3/h13-14H,7-12,16H2,1-6H3. The molecule has 2 N–H and O–H groups in total. The van der Waals surface area contributed by atoms with Gasteiger partial charge < -0.3 is 5.73 Å². The van der Waals surface area contributed by atoms with Crippen LogP contribution in [0.3, 0.4) is 0 Å². The molecule has 2 nitrogen and oxygen atoms in total. The Morgan fingerprint density at radius 1 is 1.06 bits per heavy atom. The van der Waals surface area contributed by atoms with Crippen LogP contribution in [-0.4, -0.2) is 30.1 Å². The molecule has 0 rings (SSSR count). The van der Waals surface area contributed by atoms with E-state index in [2.05, 4.69) is 46.6 Å². The molecule has 0 aliphatic heterocycles. The van der Waals surface area contributed by atoms with Crippen molar-refractivity contribution in [1.82, 2.24) is 4.90 Å². The third kappa shape index (κ3) is 4.26. The molecular formula is C15H34N2. The van der Waals surface area contributed by atoms with Crippen molar-refractivity contribution in [2.45, 2.75) is 78.3 Å². The summed E-state index contributed by atoms with van der Waals surface area (Å²) in [6, 6.07) is 0.669. The molecule has 0 aliphatic rings. The number of likely N-dealkylation sites (N-methyl/N-ethyl adjacent to an activating group) is 1. The predicted octanol–water partition coefficient (Wildman–Crippen LogP) is 3.65. The molecule has 0 radical (unpaired) electrons. The number of nitrogens with zero attached hydrogens (tertiary/aromatic N) is 1. The van der Waals surface area contributed by atoms with E-state index in [9.17, 15) is 0 Å². The van der Waals surface area contributed by atoms with Gasteiger partial charge in [0.25, 0.3) is 0 Å². The van der Waals surface area contributed by atoms with Crippen molar-refractivity contribution >= 4 is 0 Å². The maximum absolute atomic E-state index is 6.13. The fraction of sp³-hybridized carbons (Fsp3) is 1.00. The average molecular weight is 242 g/mol. The highest BCUT2D eigenvalue weighted by molar-refractivity contribution is 4.93. The summed E-state index contributed by atoms with van der Waals surface area (Å²) in [7, 11) is 2.27. The predicted molar refractivity (Wildman–Crippen MR) is 78.3 cm³/mol. The lowest BCUT2D eigenvalue weighted by Gasteiger charge is -2.46. The van der Waals surface area contributed by atoms with Crippen molar-refractivity contribution in [1.29, 1.82) is 0 Å². The van der Waals surface area contributed by atoms with E-state index in [1.165, 1.54) is 25.7 Å². The molecule has 0 saturated carbocycles. The van der Waals surface area contributed by atoms with E-state index in [0.717, 1.165) is 18.9 Å². The van der Waals surface area contributed by atoms with Crippen molar-refractivity contribution in [2.75, 3.05) is 13.6 Å². The van der Waals surface area contributed by atoms with Gasteiger partial charge in [-0.25, -0.2) is 0 Å². The first-order valence-corrected chi connectivity index (χ1v) is 7.44. The second-order valence-electron chi connectivity index (χ2n) is 5.58. The Labute approximate surface area is 109 Å². The quantitative estimate of drug-likeness (QED) is 0.669. The van der Waals surface area contributed by atoms with Crippen LogP contribution in [0.2, 0.25) is 0 Å². The average Bonchev–Trinajstić information content (AvgIpc) is 2.37. The highest BCUT2D eigenvalue weighted by Crippen LogP contribution is 2.30. The largest absolute Gasteiger partial charge is 0.329 e. The van der Waals surface area contributed by atoms with Crippen molar-refractivity contribution in [2.24, 2.45) is 11.7 Å². The molecule has 2 unspecified atom stereocenters. The minimum Gasteiger partial charge on any atom is -0.329 e. The summed E-state index contributed by atoms with van der Waals surface area (Å²) in [5, 5.41) is 0. The lowest BCUT2D eigenvalue weighted by Crippen LogP contribution is -2.56. The van der Waals surface area contributed by atoms with Gasteiger partial charge in [0.15, 0.2) is 0 Å². The van der Waals surface area contributed by atoms with Crippen LogP contribution in [0.15, 0.2) is 0 Å². The second kappa shape index (κ2) is 8.10. The van der Waals surface area contributed by atoms with Crippen molar-refractivity contribution in [3.8, 4) is 0 Å². The Kier molecular flexibility index (Phi) is 8.06. The normalized spacial score (nSPS) is 17.5. The lowest BCUT2D eigenvalue weighted by molar-refractivity contribution is 0.0478. The van der Waals surface area contributed by atoms with Crippen LogP contribution in [-0.2, 0) is 0 Å². The van der Waals surface area contributed by atoms with E-state index in [0.29, 0.717) is 6.04 Å². The van der Waals surface area contributed by atoms with E-state index in [4.69, 9.17) is 5.73 Å². The van der Waals surface area contributed by atoms with Crippen LogP contribution < -0.4 is 5.73 Å². The fourth-order valence-electron chi connectivity index (χ4n) is 2.93. The Hall–Kier alpha value is -0.0800. The minimum atomic E-state index is 0.201. The molecule has 2 heteroatoms. The summed E-state index contributed by atoms with van der Waals surface area (Å²) in [4.78, 5) is 2.57. The maximum Gasteiger partial charge on any atom is 0.0331 e. The monoisotopic (exact) mass is 242 g/mol. The lowest BCUT2D eigenvalue weighted by atomic mass is 9.82. The second-order valence-corrected chi connectivity index (χ2v) is 5.58. The summed E-state index contributed by atoms with van der Waals surface area (Å²) >= 11 is 0. The summed E-state index contributed by atoms with van der Waals surface area (Å²) < 4.78 is 0. The van der Waals surface area contributed by atoms with Gasteiger partial charge in [0.1, 0.15) is 0 Å². The summed E-state index contributed by atoms with van der Waals surface area (Å²) in [6.45, 7) is 12.3. The molecule has 0 aromatic rings. The highest BCUT2D eigenvalue weighted by Gasteiger charge is 2.35. The SMILES string of the molecule is CCC(C)CC(CC)(CN)N(C)C(CC)CC. The van der Waals surface area contributed by atoms with Crippen LogP contribution in [0, 0.1) is 5.92 Å². The molecule has 17 heavy (non-hydrogen) atoms. The topological polar surface area (TPSA) is 29.3 Å². The van der Waals surface area contributed by atoms with Gasteiger partial charge in [-0.05, 0) is 38.6 Å². The fourth-order valence-corrected chi connectivity index (χ4v) is 2.93. The molecule has 0 aromatic heterocycles. The van der Waals surface area contributed by atoms with Gasteiger partial charge in [0, 0.05) is 18.1 Å². The Morgan fingerprint density at radius 2 is 1.59 bits per heavy atom. The highest BCUT2D eigenvalue weighted by atomic mass is 15.2. The van der Waals surface area contributed by atoms with Crippen molar-refractivity contribution < 1.29 is 0 Å². The number of nitrogens with two attached hydrogens (primary N) is 1. The molecule has 104 valence electrons. The summed E-state index contributed by atoms with van der Waals surface area (Å²) in [5.41, 5.74) is 6.33. The van der Waals surface area contributed by atoms with E-state index in [1.807, 2.05) is 0 Å². The maximum atomic E-state index is 6.13. The van der Waals surface area contributed by atoms with Crippen LogP contribution in [0.1, 0.15) is 66.7 Å². The number of hydrogen-bond donors (Lipinski definition) is 1. The van der Waals surface area contributed by atoms with Gasteiger partial charge in [-0.3, -0.25) is 4.90 Å². The molecule has 0 amide bonds. The van der Waals surface area contributed by atoms with E-state index in [1.54, 1.807) is 0 Å². The third-order valence-corrected chi connectivity index (χ3v) is 4.70. The van der Waals surface area contributed by atoms with Gasteiger partial charge in [-0.2, -0.15) is 0 Å². The summed E-state index contributed by atoms with van der Waals surface area (Å²) in [5.74, 6) is 0.760. The van der Waals surface area contributed by atoms with E-state index < -0.39 is 0 Å². The van der Waals surface area contributed by atoms with Crippen molar-refractivity contribution in [3.05, 3.63) is 0 Å². The molecular weight excluding hydrogens is 208 g/mol. The zero-order valence-electron chi connectivity index (χ0n) is 12.9. The Morgan fingerprint density at radius 3 is 1.88 bits per heavy atom. The van der Waals surface area contributed by atoms with E-state index >= 15 is 0 Å². The zero-order chi connectivity index (χ0) is 13.5. The molecule has 0 spiro atoms. The molecule has 0 aliphatic carbocycles. The van der Waals surface area contributed by atoms with Gasteiger partial charge in [0.2, 0.25) is 0 Å². The first-order chi connectivity index (χ1) is 8.01. The molecule has 0 heterocycles. The third-order valence-electron chi connectivity index (χ3n) is 4.70. The van der Waals surface area contributed by atoms with Crippen LogP contribution in [0.5, 0.6) is 0 Å². The van der Waals surface area contributed by atoms with Crippen molar-refractivity contribution in [3.63, 3.8) is 0 Å². The molecule has 0 aromatic carbocycles. The molecule has 2 atom stereocenters.